The van der Waals surface area contributed by atoms with Gasteiger partial charge >= 0.3 is 0 Å². The first-order valence-electron chi connectivity index (χ1n) is 9.34. The minimum Gasteiger partial charge on any atom is -0.352 e. The average Bonchev–Trinajstić information content (AvgIpc) is 3.31. The van der Waals surface area contributed by atoms with Gasteiger partial charge in [-0.05, 0) is 61.1 Å². The van der Waals surface area contributed by atoms with Crippen LogP contribution in [0.15, 0.2) is 24.3 Å². The third-order valence-electron chi connectivity index (χ3n) is 6.14. The van der Waals surface area contributed by atoms with Crippen molar-refractivity contribution < 1.29 is 9.59 Å². The molecule has 0 unspecified atom stereocenters. The number of amides is 2. The van der Waals surface area contributed by atoms with Crippen molar-refractivity contribution in [3.63, 3.8) is 0 Å². The van der Waals surface area contributed by atoms with E-state index in [2.05, 4.69) is 5.32 Å². The molecule has 3 fully saturated rings. The summed E-state index contributed by atoms with van der Waals surface area (Å²) in [6.07, 6.45) is 7.02. The maximum atomic E-state index is 12.5. The molecule has 3 aliphatic rings. The fraction of sp³-hybridized carbons (Fsp3) is 0.600. The highest BCUT2D eigenvalue weighted by molar-refractivity contribution is 5.94. The molecule has 1 aromatic carbocycles. The lowest BCUT2D eigenvalue weighted by Crippen LogP contribution is -2.31. The van der Waals surface area contributed by atoms with Crippen molar-refractivity contribution >= 4 is 11.8 Å². The topological polar surface area (TPSA) is 49.4 Å². The molecule has 1 aromatic rings. The van der Waals surface area contributed by atoms with Crippen molar-refractivity contribution in [3.8, 4) is 0 Å². The van der Waals surface area contributed by atoms with Gasteiger partial charge in [-0.25, -0.2) is 0 Å². The molecule has 2 aliphatic carbocycles. The van der Waals surface area contributed by atoms with Crippen LogP contribution >= 0.6 is 0 Å². The maximum Gasteiger partial charge on any atom is 0.251 e. The van der Waals surface area contributed by atoms with Crippen LogP contribution < -0.4 is 5.32 Å². The fourth-order valence-electron chi connectivity index (χ4n) is 4.85. The molecule has 3 atom stereocenters. The summed E-state index contributed by atoms with van der Waals surface area (Å²) in [7, 11) is 0. The highest BCUT2D eigenvalue weighted by atomic mass is 16.2. The van der Waals surface area contributed by atoms with E-state index >= 15 is 0 Å². The lowest BCUT2D eigenvalue weighted by molar-refractivity contribution is -0.128. The number of rotatable bonds is 5. The van der Waals surface area contributed by atoms with E-state index in [4.69, 9.17) is 0 Å². The first-order chi connectivity index (χ1) is 11.7. The minimum atomic E-state index is 0.0207. The van der Waals surface area contributed by atoms with Gasteiger partial charge in [0.15, 0.2) is 0 Å². The van der Waals surface area contributed by atoms with Crippen LogP contribution in [0.25, 0.3) is 0 Å². The second-order valence-electron chi connectivity index (χ2n) is 7.76. The SMILES string of the molecule is O=C(NC[C@@H]1C[C@H]2CC[C@H]1C2)c1cccc(CN2CCCC2=O)c1. The first kappa shape index (κ1) is 15.7. The summed E-state index contributed by atoms with van der Waals surface area (Å²) in [6, 6.07) is 7.72. The maximum absolute atomic E-state index is 12.5. The van der Waals surface area contributed by atoms with Crippen molar-refractivity contribution in [2.45, 2.75) is 45.1 Å². The van der Waals surface area contributed by atoms with Crippen LogP contribution in [0.3, 0.4) is 0 Å². The zero-order valence-corrected chi connectivity index (χ0v) is 14.2. The van der Waals surface area contributed by atoms with E-state index in [1.807, 2.05) is 29.2 Å². The molecule has 1 saturated heterocycles. The van der Waals surface area contributed by atoms with Gasteiger partial charge in [-0.1, -0.05) is 18.6 Å². The Morgan fingerprint density at radius 1 is 1.25 bits per heavy atom. The number of carbonyl (C=O) groups excluding carboxylic acids is 2. The van der Waals surface area contributed by atoms with E-state index in [0.29, 0.717) is 24.4 Å². The van der Waals surface area contributed by atoms with Crippen LogP contribution in [-0.2, 0) is 11.3 Å². The van der Waals surface area contributed by atoms with Crippen molar-refractivity contribution in [2.75, 3.05) is 13.1 Å². The van der Waals surface area contributed by atoms with Gasteiger partial charge in [0.25, 0.3) is 5.91 Å². The van der Waals surface area contributed by atoms with E-state index in [-0.39, 0.29) is 11.8 Å². The smallest absolute Gasteiger partial charge is 0.251 e. The number of hydrogen-bond acceptors (Lipinski definition) is 2. The predicted octanol–water partition coefficient (Wildman–Crippen LogP) is 2.98. The molecule has 2 bridgehead atoms. The van der Waals surface area contributed by atoms with Gasteiger partial charge in [0, 0.05) is 31.6 Å². The van der Waals surface area contributed by atoms with Crippen LogP contribution in [0.1, 0.15) is 54.4 Å². The van der Waals surface area contributed by atoms with Crippen molar-refractivity contribution in [2.24, 2.45) is 17.8 Å². The number of fused-ring (bicyclic) bond motifs is 2. The van der Waals surface area contributed by atoms with Gasteiger partial charge in [0.05, 0.1) is 0 Å². The number of likely N-dealkylation sites (tertiary alicyclic amines) is 1. The summed E-state index contributed by atoms with van der Waals surface area (Å²) >= 11 is 0. The largest absolute Gasteiger partial charge is 0.352 e. The Kier molecular flexibility index (Phi) is 4.30. The molecule has 1 N–H and O–H groups in total. The molecule has 0 spiro atoms. The third kappa shape index (κ3) is 3.19. The van der Waals surface area contributed by atoms with Gasteiger partial charge in [0.2, 0.25) is 5.91 Å². The van der Waals surface area contributed by atoms with Crippen LogP contribution in [0, 0.1) is 17.8 Å². The lowest BCUT2D eigenvalue weighted by Gasteiger charge is -2.22. The molecule has 4 nitrogen and oxygen atoms in total. The summed E-state index contributed by atoms with van der Waals surface area (Å²) in [4.78, 5) is 26.1. The van der Waals surface area contributed by atoms with E-state index in [9.17, 15) is 9.59 Å². The zero-order valence-electron chi connectivity index (χ0n) is 14.2. The second kappa shape index (κ2) is 6.58. The van der Waals surface area contributed by atoms with Crippen LogP contribution in [-0.4, -0.2) is 29.8 Å². The molecule has 0 aromatic heterocycles. The summed E-state index contributed by atoms with van der Waals surface area (Å²) in [5.41, 5.74) is 1.75. The summed E-state index contributed by atoms with van der Waals surface area (Å²) < 4.78 is 0. The Labute approximate surface area is 143 Å². The molecule has 1 aliphatic heterocycles. The van der Waals surface area contributed by atoms with E-state index in [1.165, 1.54) is 25.7 Å². The molecular weight excluding hydrogens is 300 g/mol. The molecule has 4 rings (SSSR count). The van der Waals surface area contributed by atoms with Gasteiger partial charge in [-0.15, -0.1) is 0 Å². The summed E-state index contributed by atoms with van der Waals surface area (Å²) in [5.74, 6) is 2.67. The number of carbonyl (C=O) groups is 2. The van der Waals surface area contributed by atoms with Gasteiger partial charge in [-0.2, -0.15) is 0 Å². The Morgan fingerprint density at radius 2 is 2.17 bits per heavy atom. The second-order valence-corrected chi connectivity index (χ2v) is 7.76. The monoisotopic (exact) mass is 326 g/mol. The van der Waals surface area contributed by atoms with E-state index < -0.39 is 0 Å². The minimum absolute atomic E-state index is 0.0207. The number of hydrogen-bond donors (Lipinski definition) is 1. The Bertz CT molecular complexity index is 642. The van der Waals surface area contributed by atoms with E-state index in [1.54, 1.807) is 0 Å². The molecule has 1 heterocycles. The predicted molar refractivity (Wildman–Crippen MR) is 92.4 cm³/mol. The average molecular weight is 326 g/mol. The Balaban J connectivity index is 1.34. The Morgan fingerprint density at radius 3 is 2.88 bits per heavy atom. The molecule has 24 heavy (non-hydrogen) atoms. The highest BCUT2D eigenvalue weighted by Gasteiger charge is 2.39. The molecular formula is C20H26N2O2. The van der Waals surface area contributed by atoms with Gasteiger partial charge < -0.3 is 10.2 Å². The van der Waals surface area contributed by atoms with Crippen LogP contribution in [0.5, 0.6) is 0 Å². The standard InChI is InChI=1S/C20H26N2O2/c23-19-5-2-8-22(19)13-15-3-1-4-17(11-15)20(24)21-12-18-10-14-6-7-16(18)9-14/h1,3-4,11,14,16,18H,2,5-10,12-13H2,(H,21,24)/t14-,16-,18-/m0/s1. The molecule has 128 valence electrons. The van der Waals surface area contributed by atoms with Crippen molar-refractivity contribution in [1.29, 1.82) is 0 Å². The first-order valence-corrected chi connectivity index (χ1v) is 9.34. The van der Waals surface area contributed by atoms with Crippen LogP contribution in [0.2, 0.25) is 0 Å². The summed E-state index contributed by atoms with van der Waals surface area (Å²) in [5, 5.41) is 3.14. The molecule has 0 radical (unpaired) electrons. The van der Waals surface area contributed by atoms with Gasteiger partial charge in [-0.3, -0.25) is 9.59 Å². The summed E-state index contributed by atoms with van der Waals surface area (Å²) in [6.45, 7) is 2.26. The van der Waals surface area contributed by atoms with Crippen molar-refractivity contribution in [3.05, 3.63) is 35.4 Å². The number of benzene rings is 1. The third-order valence-corrected chi connectivity index (χ3v) is 6.14. The molecule has 4 heteroatoms. The Hall–Kier alpha value is -1.84. The highest BCUT2D eigenvalue weighted by Crippen LogP contribution is 2.47. The quantitative estimate of drug-likeness (QED) is 0.904. The molecule has 2 saturated carbocycles. The van der Waals surface area contributed by atoms with Gasteiger partial charge in [0.1, 0.15) is 0 Å². The van der Waals surface area contributed by atoms with Crippen LogP contribution in [0.4, 0.5) is 0 Å². The molecule has 2 amide bonds. The zero-order chi connectivity index (χ0) is 16.5. The number of nitrogens with zero attached hydrogens (tertiary/aromatic N) is 1. The fourth-order valence-corrected chi connectivity index (χ4v) is 4.85. The number of nitrogens with one attached hydrogen (secondary N) is 1. The normalized spacial score (nSPS) is 28.6. The lowest BCUT2D eigenvalue weighted by atomic mass is 9.89. The van der Waals surface area contributed by atoms with Crippen molar-refractivity contribution in [1.82, 2.24) is 10.2 Å². The van der Waals surface area contributed by atoms with E-state index in [0.717, 1.165) is 36.9 Å².